The molecule has 4 rings (SSSR count). The molecule has 0 radical (unpaired) electrons. The van der Waals surface area contributed by atoms with E-state index in [-0.39, 0.29) is 12.0 Å². The Balaban J connectivity index is 1.55. The Labute approximate surface area is 130 Å². The summed E-state index contributed by atoms with van der Waals surface area (Å²) in [6.45, 7) is 1.34. The van der Waals surface area contributed by atoms with Gasteiger partial charge in [-0.15, -0.1) is 10.2 Å². The number of H-pyrrole nitrogens is 1. The molecule has 118 valence electrons. The summed E-state index contributed by atoms with van der Waals surface area (Å²) in [6, 6.07) is 5.25. The number of hydrogen-bond donors (Lipinski definition) is 1. The van der Waals surface area contributed by atoms with Crippen molar-refractivity contribution in [1.82, 2.24) is 40.5 Å². The number of hydrogen-bond acceptors (Lipinski definition) is 7. The van der Waals surface area contributed by atoms with E-state index in [1.807, 2.05) is 0 Å². The predicted octanol–water partition coefficient (Wildman–Crippen LogP) is -0.305. The molecule has 10 nitrogen and oxygen atoms in total. The average Bonchev–Trinajstić information content (AvgIpc) is 3.22. The van der Waals surface area contributed by atoms with Gasteiger partial charge < -0.3 is 9.64 Å². The van der Waals surface area contributed by atoms with Gasteiger partial charge >= 0.3 is 0 Å². The third-order valence-corrected chi connectivity index (χ3v) is 3.73. The number of carbonyl (C=O) groups excluding carboxylic acids is 1. The zero-order chi connectivity index (χ0) is 15.8. The van der Waals surface area contributed by atoms with E-state index in [2.05, 4.69) is 30.8 Å². The Morgan fingerprint density at radius 1 is 1.35 bits per heavy atom. The Bertz CT molecular complexity index is 856. The van der Waals surface area contributed by atoms with E-state index < -0.39 is 0 Å². The quantitative estimate of drug-likeness (QED) is 0.690. The summed E-state index contributed by atoms with van der Waals surface area (Å²) in [5.74, 6) is 0.407. The molecule has 0 saturated carbocycles. The summed E-state index contributed by atoms with van der Waals surface area (Å²) < 4.78 is 5.65. The highest BCUT2D eigenvalue weighted by Crippen LogP contribution is 2.21. The summed E-state index contributed by atoms with van der Waals surface area (Å²) in [4.78, 5) is 15.8. The van der Waals surface area contributed by atoms with Crippen LogP contribution in [-0.4, -0.2) is 66.1 Å². The molecule has 1 saturated heterocycles. The number of nitrogens with zero attached hydrogens (tertiary/aromatic N) is 7. The van der Waals surface area contributed by atoms with Crippen molar-refractivity contribution < 1.29 is 9.53 Å². The lowest BCUT2D eigenvalue weighted by molar-refractivity contribution is -0.0269. The molecule has 1 N–H and O–H groups in total. The fourth-order valence-corrected chi connectivity index (χ4v) is 2.57. The lowest BCUT2D eigenvalue weighted by Crippen LogP contribution is -2.42. The average molecular weight is 314 g/mol. The van der Waals surface area contributed by atoms with Crippen LogP contribution in [0.5, 0.6) is 0 Å². The Morgan fingerprint density at radius 3 is 3.04 bits per heavy atom. The number of rotatable bonds is 2. The van der Waals surface area contributed by atoms with Crippen LogP contribution in [0.25, 0.3) is 11.0 Å². The zero-order valence-electron chi connectivity index (χ0n) is 12.4. The van der Waals surface area contributed by atoms with Gasteiger partial charge in [-0.1, -0.05) is 0 Å². The third-order valence-electron chi connectivity index (χ3n) is 3.73. The molecule has 1 aliphatic rings. The summed E-state index contributed by atoms with van der Waals surface area (Å²) in [7, 11) is 1.69. The number of aromatic amines is 1. The van der Waals surface area contributed by atoms with Gasteiger partial charge in [-0.05, 0) is 23.4 Å². The highest BCUT2D eigenvalue weighted by molar-refractivity contribution is 5.97. The number of tetrazole rings is 1. The second kappa shape index (κ2) is 5.39. The summed E-state index contributed by atoms with van der Waals surface area (Å²) in [5.41, 5.74) is 1.96. The first-order chi connectivity index (χ1) is 11.2. The van der Waals surface area contributed by atoms with Crippen LogP contribution in [0.3, 0.4) is 0 Å². The van der Waals surface area contributed by atoms with Gasteiger partial charge in [0.25, 0.3) is 5.91 Å². The van der Waals surface area contributed by atoms with Crippen LogP contribution >= 0.6 is 0 Å². The van der Waals surface area contributed by atoms with Gasteiger partial charge in [0.1, 0.15) is 17.1 Å². The molecule has 10 heteroatoms. The molecule has 1 amide bonds. The SMILES string of the molecule is Cn1nnc(C2CN(C(=O)c3ccc4n[nH]nc4c3)CCO2)n1. The first-order valence-electron chi connectivity index (χ1n) is 7.16. The fourth-order valence-electron chi connectivity index (χ4n) is 2.57. The molecule has 0 aliphatic carbocycles. The van der Waals surface area contributed by atoms with E-state index in [1.165, 1.54) is 4.80 Å². The minimum absolute atomic E-state index is 0.0768. The molecule has 3 heterocycles. The van der Waals surface area contributed by atoms with Gasteiger partial charge in [-0.3, -0.25) is 4.79 Å². The second-order valence-electron chi connectivity index (χ2n) is 5.27. The van der Waals surface area contributed by atoms with E-state index >= 15 is 0 Å². The van der Waals surface area contributed by atoms with Gasteiger partial charge in [-0.25, -0.2) is 0 Å². The molecule has 3 aromatic rings. The molecule has 1 unspecified atom stereocenters. The van der Waals surface area contributed by atoms with E-state index in [1.54, 1.807) is 30.1 Å². The van der Waals surface area contributed by atoms with Crippen molar-refractivity contribution in [3.05, 3.63) is 29.6 Å². The van der Waals surface area contributed by atoms with Crippen LogP contribution in [-0.2, 0) is 11.8 Å². The number of carbonyl (C=O) groups is 1. The number of ether oxygens (including phenoxy) is 1. The maximum atomic E-state index is 12.7. The number of benzene rings is 1. The van der Waals surface area contributed by atoms with Crippen LogP contribution in [0.4, 0.5) is 0 Å². The smallest absolute Gasteiger partial charge is 0.254 e. The number of fused-ring (bicyclic) bond motifs is 1. The van der Waals surface area contributed by atoms with E-state index in [0.29, 0.717) is 36.6 Å². The minimum Gasteiger partial charge on any atom is -0.366 e. The number of aromatic nitrogens is 7. The topological polar surface area (TPSA) is 115 Å². The Kier molecular flexibility index (Phi) is 3.23. The largest absolute Gasteiger partial charge is 0.366 e. The maximum absolute atomic E-state index is 12.7. The van der Waals surface area contributed by atoms with Crippen LogP contribution in [0.1, 0.15) is 22.3 Å². The van der Waals surface area contributed by atoms with Crippen molar-refractivity contribution in [3.8, 4) is 0 Å². The van der Waals surface area contributed by atoms with Crippen LogP contribution < -0.4 is 0 Å². The maximum Gasteiger partial charge on any atom is 0.254 e. The van der Waals surface area contributed by atoms with Crippen molar-refractivity contribution in [2.45, 2.75) is 6.10 Å². The molecule has 1 aliphatic heterocycles. The summed E-state index contributed by atoms with van der Waals surface area (Å²) >= 11 is 0. The molecule has 1 atom stereocenters. The van der Waals surface area contributed by atoms with Gasteiger partial charge in [0.2, 0.25) is 5.82 Å². The lowest BCUT2D eigenvalue weighted by atomic mass is 10.1. The van der Waals surface area contributed by atoms with Crippen molar-refractivity contribution >= 4 is 16.9 Å². The first-order valence-corrected chi connectivity index (χ1v) is 7.16. The molecule has 23 heavy (non-hydrogen) atoms. The monoisotopic (exact) mass is 314 g/mol. The third kappa shape index (κ3) is 2.52. The predicted molar refractivity (Wildman–Crippen MR) is 77.3 cm³/mol. The van der Waals surface area contributed by atoms with Gasteiger partial charge in [0.15, 0.2) is 0 Å². The minimum atomic E-state index is -0.364. The highest BCUT2D eigenvalue weighted by Gasteiger charge is 2.29. The molecule has 0 spiro atoms. The van der Waals surface area contributed by atoms with E-state index in [0.717, 1.165) is 5.52 Å². The molecule has 2 aromatic heterocycles. The number of nitrogens with one attached hydrogen (secondary N) is 1. The number of amides is 1. The molecular formula is C13H14N8O2. The second-order valence-corrected chi connectivity index (χ2v) is 5.27. The number of aryl methyl sites for hydroxylation is 1. The van der Waals surface area contributed by atoms with Crippen molar-refractivity contribution in [2.24, 2.45) is 7.05 Å². The van der Waals surface area contributed by atoms with Crippen molar-refractivity contribution in [3.63, 3.8) is 0 Å². The number of morpholine rings is 1. The summed E-state index contributed by atoms with van der Waals surface area (Å²) in [6.07, 6.45) is -0.364. The first kappa shape index (κ1) is 13.8. The molecule has 0 bridgehead atoms. The Morgan fingerprint density at radius 2 is 2.22 bits per heavy atom. The highest BCUT2D eigenvalue weighted by atomic mass is 16.5. The van der Waals surface area contributed by atoms with Crippen LogP contribution in [0.2, 0.25) is 0 Å². The lowest BCUT2D eigenvalue weighted by Gasteiger charge is -2.31. The van der Waals surface area contributed by atoms with Gasteiger partial charge in [0.05, 0.1) is 20.2 Å². The van der Waals surface area contributed by atoms with Crippen LogP contribution in [0.15, 0.2) is 18.2 Å². The van der Waals surface area contributed by atoms with Crippen LogP contribution in [0, 0.1) is 0 Å². The molecular weight excluding hydrogens is 300 g/mol. The van der Waals surface area contributed by atoms with E-state index in [4.69, 9.17) is 4.74 Å². The normalized spacial score (nSPS) is 18.5. The van der Waals surface area contributed by atoms with Gasteiger partial charge in [-0.2, -0.15) is 20.2 Å². The van der Waals surface area contributed by atoms with E-state index in [9.17, 15) is 4.79 Å². The van der Waals surface area contributed by atoms with Crippen molar-refractivity contribution in [2.75, 3.05) is 19.7 Å². The van der Waals surface area contributed by atoms with Gasteiger partial charge in [0, 0.05) is 12.1 Å². The molecule has 1 fully saturated rings. The Hall–Kier alpha value is -2.88. The fraction of sp³-hybridized carbons (Fsp3) is 0.385. The van der Waals surface area contributed by atoms with Crippen molar-refractivity contribution in [1.29, 1.82) is 0 Å². The molecule has 1 aromatic carbocycles. The standard InChI is InChI=1S/C13H14N8O2/c1-20-17-12(16-19-20)11-7-21(4-5-23-11)13(22)8-2-3-9-10(6-8)15-18-14-9/h2-3,6,11H,4-5,7H2,1H3,(H,14,15,18). The summed E-state index contributed by atoms with van der Waals surface area (Å²) in [5, 5.41) is 22.4. The zero-order valence-corrected chi connectivity index (χ0v) is 12.4.